The van der Waals surface area contributed by atoms with Crippen molar-refractivity contribution in [3.8, 4) is 178 Å². The highest BCUT2D eigenvalue weighted by atomic mass is 14.9. The van der Waals surface area contributed by atoms with Crippen LogP contribution in [-0.4, -0.2) is 13.2 Å². The summed E-state index contributed by atoms with van der Waals surface area (Å²) in [5.74, 6) is 0. The predicted molar refractivity (Wildman–Crippen MR) is 597 cm³/mol. The molecule has 0 fully saturated rings. The highest BCUT2D eigenvalue weighted by Gasteiger charge is 2.26. The zero-order chi connectivity index (χ0) is 92.4. The average Bonchev–Trinajstić information content (AvgIpc) is 1.55. The topological polar surface area (TPSA) is 13.2 Å². The van der Waals surface area contributed by atoms with Crippen LogP contribution in [0, 0.1) is 0 Å². The Kier molecular flexibility index (Phi) is 18.1. The smallest absolute Gasteiger partial charge is 0.0620 e. The van der Waals surface area contributed by atoms with Crippen molar-refractivity contribution in [2.24, 2.45) is 0 Å². The Labute approximate surface area is 815 Å². The summed E-state index contributed by atoms with van der Waals surface area (Å²) in [5.41, 5.74) is 48.6. The molecule has 0 atom stereocenters. The first-order valence-corrected chi connectivity index (χ1v) is 48.9. The molecule has 0 aliphatic rings. The molecule has 141 heavy (non-hydrogen) atoms. The molecule has 0 amide bonds. The molecular formula is C138H85N3. The van der Waals surface area contributed by atoms with Gasteiger partial charge < -0.3 is 13.2 Å². The van der Waals surface area contributed by atoms with Crippen LogP contribution in [0.15, 0.2) is 516 Å². The third kappa shape index (κ3) is 13.3. The molecule has 0 unspecified atom stereocenters. The van der Waals surface area contributed by atoms with Crippen LogP contribution in [0.3, 0.4) is 0 Å². The Morgan fingerprint density at radius 1 is 0.0780 bits per heavy atom. The average molecular weight is 1790 g/mol. The van der Waals surface area contributed by atoms with E-state index in [0.29, 0.717) is 0 Å². The lowest BCUT2D eigenvalue weighted by Crippen LogP contribution is -1.89. The predicted octanol–water partition coefficient (Wildman–Crippen LogP) is 37.8. The van der Waals surface area contributed by atoms with Crippen LogP contribution >= 0.6 is 0 Å². The van der Waals surface area contributed by atoms with Gasteiger partial charge in [0, 0.05) is 64.6 Å². The van der Waals surface area contributed by atoms with Crippen molar-refractivity contribution in [1.29, 1.82) is 0 Å². The van der Waals surface area contributed by atoms with E-state index in [1.807, 2.05) is 0 Å². The van der Waals surface area contributed by atoms with Gasteiger partial charge in [-0.15, -0.1) is 0 Å². The summed E-state index contributed by atoms with van der Waals surface area (Å²) in [5, 5.41) is 15.0. The molecule has 0 saturated heterocycles. The molecule has 6 aromatic heterocycles. The lowest BCUT2D eigenvalue weighted by molar-refractivity contribution is 1.37. The van der Waals surface area contributed by atoms with Crippen LogP contribution < -0.4 is 0 Å². The summed E-state index contributed by atoms with van der Waals surface area (Å²) in [6.07, 6.45) is 0. The van der Waals surface area contributed by atoms with Crippen LogP contribution in [0.5, 0.6) is 0 Å². The van der Waals surface area contributed by atoms with E-state index in [0.717, 1.165) is 66.8 Å². The van der Waals surface area contributed by atoms with E-state index >= 15 is 0 Å². The van der Waals surface area contributed by atoms with Crippen LogP contribution in [0.4, 0.5) is 0 Å². The number of fused-ring (bicyclic) bond motifs is 18. The summed E-state index contributed by atoms with van der Waals surface area (Å²) in [4.78, 5) is 0. The van der Waals surface area contributed by atoms with Gasteiger partial charge in [-0.05, 0) is 336 Å². The van der Waals surface area contributed by atoms with Crippen molar-refractivity contribution in [2.75, 3.05) is 0 Å². The minimum Gasteiger partial charge on any atom is -0.308 e. The van der Waals surface area contributed by atoms with E-state index < -0.39 is 0 Å². The molecule has 0 aliphatic carbocycles. The molecule has 0 spiro atoms. The number of benzene rings is 23. The highest BCUT2D eigenvalue weighted by Crippen LogP contribution is 2.50. The second-order valence-corrected chi connectivity index (χ2v) is 38.2. The van der Waals surface area contributed by atoms with Crippen molar-refractivity contribution >= 4 is 114 Å². The van der Waals surface area contributed by atoms with Gasteiger partial charge >= 0.3 is 0 Å². The Morgan fingerprint density at radius 2 is 0.234 bits per heavy atom. The van der Waals surface area contributed by atoms with Crippen LogP contribution in [0.1, 0.15) is 0 Å². The van der Waals surface area contributed by atoms with Gasteiger partial charge in [-0.25, -0.2) is 0 Å². The first-order chi connectivity index (χ1) is 69.8. The number of para-hydroxylation sites is 3. The van der Waals surface area contributed by atoms with Crippen molar-refractivity contribution in [3.63, 3.8) is 0 Å². The summed E-state index contributed by atoms with van der Waals surface area (Å²) in [6.45, 7) is 0. The SMILES string of the molecule is c1ccc(-c2ccc(-c3cccc(-c4cccc(-c5cc6c7ccccc7n7c8cc(-c9cc(-c%10ccc(-c%11cc(-c%12ccccc%12)cc(-c%12cccc(-c%13cc%14c%15ccccc%15n%15c%16ccc(-c%17cccc(-c%18cccc(-c%19ccccc%19)c%18)c%17)cc%16c(c%13)c%14%15)c%12)c%11)cc%10)cc(-c%10cccc(-c%11ccc%12c(c%11)c%11cc(-c%13ccccc%13)cc%13c%14ccccc%14n%12c%13%11)c%10)c9)ccc8c(c5)c67)c4)c3)cc2)cc1. The molecule has 23 aromatic carbocycles. The van der Waals surface area contributed by atoms with Gasteiger partial charge in [-0.2, -0.15) is 0 Å². The van der Waals surface area contributed by atoms with Crippen molar-refractivity contribution in [1.82, 2.24) is 13.2 Å². The Morgan fingerprint density at radius 3 is 0.553 bits per heavy atom. The lowest BCUT2D eigenvalue weighted by Gasteiger charge is -2.14. The third-order valence-electron chi connectivity index (χ3n) is 30.1. The first kappa shape index (κ1) is 79.8. The van der Waals surface area contributed by atoms with Gasteiger partial charge in [0.15, 0.2) is 0 Å². The van der Waals surface area contributed by atoms with Crippen molar-refractivity contribution in [2.45, 2.75) is 0 Å². The number of nitrogens with zero attached hydrogens (tertiary/aromatic N) is 3. The fourth-order valence-corrected chi connectivity index (χ4v) is 23.3. The van der Waals surface area contributed by atoms with Crippen LogP contribution in [-0.2, 0) is 0 Å². The third-order valence-corrected chi connectivity index (χ3v) is 30.1. The summed E-state index contributed by atoms with van der Waals surface area (Å²) in [6, 6.07) is 193. The van der Waals surface area contributed by atoms with Gasteiger partial charge in [0.05, 0.1) is 49.7 Å². The molecular weight excluding hydrogens is 1700 g/mol. The number of hydrogen-bond donors (Lipinski definition) is 0. The maximum absolute atomic E-state index is 2.54. The molecule has 0 aliphatic heterocycles. The Bertz CT molecular complexity index is 10100. The zero-order valence-corrected chi connectivity index (χ0v) is 76.9. The van der Waals surface area contributed by atoms with Crippen LogP contribution in [0.25, 0.3) is 292 Å². The molecule has 0 N–H and O–H groups in total. The fourth-order valence-electron chi connectivity index (χ4n) is 23.3. The van der Waals surface area contributed by atoms with E-state index in [9.17, 15) is 0 Å². The van der Waals surface area contributed by atoms with Gasteiger partial charge in [0.2, 0.25) is 0 Å². The number of rotatable bonds is 16. The fraction of sp³-hybridized carbons (Fsp3) is 0. The molecule has 29 aromatic rings. The Hall–Kier alpha value is -18.5. The summed E-state index contributed by atoms with van der Waals surface area (Å²) < 4.78 is 7.53. The largest absolute Gasteiger partial charge is 0.308 e. The van der Waals surface area contributed by atoms with Crippen molar-refractivity contribution < 1.29 is 0 Å². The highest BCUT2D eigenvalue weighted by molar-refractivity contribution is 6.28. The van der Waals surface area contributed by atoms with Gasteiger partial charge in [-0.1, -0.05) is 358 Å². The van der Waals surface area contributed by atoms with E-state index in [4.69, 9.17) is 0 Å². The second-order valence-electron chi connectivity index (χ2n) is 38.2. The molecule has 0 bridgehead atoms. The molecule has 3 heteroatoms. The minimum atomic E-state index is 1.13. The molecule has 6 heterocycles. The Balaban J connectivity index is 0.542. The number of aromatic nitrogens is 3. The quantitative estimate of drug-likeness (QED) is 0.0915. The lowest BCUT2D eigenvalue weighted by atomic mass is 9.90. The second kappa shape index (κ2) is 32.1. The van der Waals surface area contributed by atoms with Gasteiger partial charge in [0.1, 0.15) is 0 Å². The first-order valence-electron chi connectivity index (χ1n) is 48.9. The molecule has 0 saturated carbocycles. The summed E-state index contributed by atoms with van der Waals surface area (Å²) >= 11 is 0. The van der Waals surface area contributed by atoms with E-state index in [1.54, 1.807) is 0 Å². The normalized spacial score (nSPS) is 12.0. The van der Waals surface area contributed by atoms with E-state index in [1.165, 1.54) is 226 Å². The van der Waals surface area contributed by atoms with Crippen LogP contribution in [0.2, 0.25) is 0 Å². The van der Waals surface area contributed by atoms with Gasteiger partial charge in [0.25, 0.3) is 0 Å². The molecule has 3 nitrogen and oxygen atoms in total. The minimum absolute atomic E-state index is 1.13. The van der Waals surface area contributed by atoms with E-state index in [-0.39, 0.29) is 0 Å². The molecule has 0 radical (unpaired) electrons. The van der Waals surface area contributed by atoms with Gasteiger partial charge in [-0.3, -0.25) is 0 Å². The standard InChI is InChI=1S/C138H85N3/c1-5-25-86(26-6-1)90-51-53-91(54-52-90)95-34-20-36-97(66-95)99-38-22-43-104(68-99)116-81-125-120-47-15-18-50-132(120)141-135-85-108(59-62-121(135)127(83-116)136(125)141)114-75-111(74-113(76-114)102-41-23-40-101(69-102)107-61-64-133-122(78-107)128-80-115(89-31-11-4-12-32-89)79-124-118-45-13-16-48-130(118)139(133)137(124)128)93-57-55-92(56-58-93)110-71-109(88-29-9-3-10-30-88)72-112(73-110)103-42-24-44-105(70-103)117-82-126-119-46-14-17-49-131(119)140-134-63-60-106(77-123(134)129(84-117)138(126)140)100-39-21-37-98(67-100)96-35-19-33-94(65-96)87-27-7-2-8-28-87/h1-85H. The molecule has 29 rings (SSSR count). The maximum atomic E-state index is 2.54. The molecule has 652 valence electrons. The van der Waals surface area contributed by atoms with Crippen molar-refractivity contribution in [3.05, 3.63) is 516 Å². The maximum Gasteiger partial charge on any atom is 0.0620 e. The zero-order valence-electron chi connectivity index (χ0n) is 76.9. The van der Waals surface area contributed by atoms with E-state index in [2.05, 4.69) is 529 Å². The summed E-state index contributed by atoms with van der Waals surface area (Å²) in [7, 11) is 0. The monoisotopic (exact) mass is 1780 g/mol. The number of hydrogen-bond acceptors (Lipinski definition) is 0.